The molecule has 78 heavy (non-hydrogen) atoms. The molecule has 3 saturated heterocycles. The summed E-state index contributed by atoms with van der Waals surface area (Å²) >= 11 is 0. The van der Waals surface area contributed by atoms with Crippen molar-refractivity contribution in [1.82, 2.24) is 15.2 Å². The highest BCUT2D eigenvalue weighted by atomic mass is 19.2. The van der Waals surface area contributed by atoms with E-state index in [1.54, 1.807) is 41.5 Å². The maximum atomic E-state index is 13.5. The van der Waals surface area contributed by atoms with Crippen molar-refractivity contribution in [3.63, 3.8) is 0 Å². The highest BCUT2D eigenvalue weighted by molar-refractivity contribution is 6.02. The Labute approximate surface area is 447 Å². The van der Waals surface area contributed by atoms with E-state index in [9.17, 15) is 78.7 Å². The number of nitrogens with zero attached hydrogens (tertiary/aromatic N) is 3. The summed E-state index contributed by atoms with van der Waals surface area (Å²) in [6, 6.07) is 0.707. The zero-order valence-electron chi connectivity index (χ0n) is 46.8. The molecule has 2 aromatic rings. The summed E-state index contributed by atoms with van der Waals surface area (Å²) in [4.78, 5) is 127. The lowest BCUT2D eigenvalue weighted by molar-refractivity contribution is -0.203. The molecule has 0 unspecified atom stereocenters. The van der Waals surface area contributed by atoms with E-state index < -0.39 is 127 Å². The molecule has 0 spiro atoms. The summed E-state index contributed by atoms with van der Waals surface area (Å²) in [7, 11) is 0. The Morgan fingerprint density at radius 2 is 0.782 bits per heavy atom. The molecule has 3 aliphatic heterocycles. The first-order chi connectivity index (χ1) is 35.1. The Balaban J connectivity index is 0.000000489. The van der Waals surface area contributed by atoms with Crippen LogP contribution in [0.5, 0.6) is 11.5 Å². The van der Waals surface area contributed by atoms with Crippen molar-refractivity contribution in [3.05, 3.63) is 70.2 Å². The van der Waals surface area contributed by atoms with Gasteiger partial charge >= 0.3 is 29.8 Å². The highest BCUT2D eigenvalue weighted by Gasteiger charge is 2.38. The lowest BCUT2D eigenvalue weighted by atomic mass is 9.93. The van der Waals surface area contributed by atoms with Crippen LogP contribution in [0.1, 0.15) is 160 Å². The van der Waals surface area contributed by atoms with Crippen LogP contribution < -0.4 is 9.47 Å². The Morgan fingerprint density at radius 3 is 1.10 bits per heavy atom. The molecule has 0 N–H and O–H groups in total. The van der Waals surface area contributed by atoms with Gasteiger partial charge in [0, 0.05) is 37.7 Å². The molecule has 3 fully saturated rings. The molecule has 18 nitrogen and oxygen atoms in total. The first-order valence-corrected chi connectivity index (χ1v) is 23.9. The molecule has 3 heterocycles. The molecule has 434 valence electrons. The number of aryl methyl sites for hydroxylation is 1. The van der Waals surface area contributed by atoms with Crippen LogP contribution in [0.25, 0.3) is 0 Å². The van der Waals surface area contributed by atoms with Crippen molar-refractivity contribution in [3.8, 4) is 11.5 Å². The number of allylic oxidation sites excluding steroid dienone is 1. The van der Waals surface area contributed by atoms with Crippen molar-refractivity contribution in [2.75, 3.05) is 0 Å². The minimum absolute atomic E-state index is 0.121. The number of carbonyl (C=O) groups excluding carboxylic acids is 10. The van der Waals surface area contributed by atoms with Gasteiger partial charge in [-0.1, -0.05) is 27.4 Å². The monoisotopic (exact) mass is 1120 g/mol. The van der Waals surface area contributed by atoms with Gasteiger partial charge in [0.25, 0.3) is 29.5 Å². The van der Waals surface area contributed by atoms with Gasteiger partial charge in [0.2, 0.25) is 23.1 Å². The van der Waals surface area contributed by atoms with Gasteiger partial charge in [-0.3, -0.25) is 33.6 Å². The molecular formula is C53H68F7N3O15. The fraction of sp³-hybridized carbons (Fsp3) is 0.547. The molecule has 0 aliphatic carbocycles. The highest BCUT2D eigenvalue weighted by Crippen LogP contribution is 2.33. The molecule has 5 rings (SSSR count). The first kappa shape index (κ1) is 68.8. The Hall–Kier alpha value is -7.21. The maximum absolute atomic E-state index is 13.5. The van der Waals surface area contributed by atoms with Crippen LogP contribution in [0, 0.1) is 81.6 Å². The molecule has 0 atom stereocenters. The van der Waals surface area contributed by atoms with E-state index in [1.807, 2.05) is 20.8 Å². The number of halogens is 7. The van der Waals surface area contributed by atoms with E-state index in [2.05, 4.69) is 16.1 Å². The minimum Gasteiger partial charge on any atom is -0.420 e. The number of imide groups is 2. The second-order valence-electron chi connectivity index (χ2n) is 23.0. The summed E-state index contributed by atoms with van der Waals surface area (Å²) in [6.07, 6.45) is 1.71. The normalized spacial score (nSPS) is 14.7. The quantitative estimate of drug-likeness (QED) is 0.0655. The molecular weight excluding hydrogens is 1050 g/mol. The summed E-state index contributed by atoms with van der Waals surface area (Å²) < 4.78 is 102. The molecule has 0 radical (unpaired) electrons. The minimum atomic E-state index is -1.87. The molecule has 25 heteroatoms. The SMILES string of the molecule is C=C1CCC(=O)N1OC(=O)CC(C)(C)C.CC(C)(C)C(=O)ON1C(=O)CCC1=O.CC(C)(C)C(=O)ON1C(=O)CCC1=O.Cc1c(F)c(F)c(F)c(OC(=O)C(C)(C)C)c1F.Cc1cc(F)c(F)c(OC(=O)C(C)(C)C)c1F. The largest absolute Gasteiger partial charge is 0.420 e. The van der Waals surface area contributed by atoms with E-state index in [0.717, 1.165) is 12.0 Å². The zero-order chi connectivity index (χ0) is 61.1. The van der Waals surface area contributed by atoms with Crippen molar-refractivity contribution >= 4 is 59.4 Å². The predicted octanol–water partition coefficient (Wildman–Crippen LogP) is 10.2. The van der Waals surface area contributed by atoms with Crippen molar-refractivity contribution in [2.45, 2.75) is 163 Å². The third-order valence-corrected chi connectivity index (χ3v) is 9.95. The number of hydrogen-bond donors (Lipinski definition) is 0. The number of amides is 5. The molecule has 2 aromatic carbocycles. The Bertz CT molecular complexity index is 2530. The molecule has 0 bridgehead atoms. The molecule has 3 aliphatic rings. The van der Waals surface area contributed by atoms with Gasteiger partial charge in [-0.2, -0.15) is 8.78 Å². The Morgan fingerprint density at radius 1 is 0.449 bits per heavy atom. The van der Waals surface area contributed by atoms with Gasteiger partial charge in [-0.25, -0.2) is 36.3 Å². The van der Waals surface area contributed by atoms with Crippen LogP contribution in [0.15, 0.2) is 18.3 Å². The lowest BCUT2D eigenvalue weighted by Crippen LogP contribution is -2.36. The van der Waals surface area contributed by atoms with Gasteiger partial charge < -0.3 is 24.0 Å². The topological polar surface area (TPSA) is 227 Å². The van der Waals surface area contributed by atoms with Crippen LogP contribution in [0.4, 0.5) is 30.7 Å². The average molecular weight is 1120 g/mol. The number of rotatable bonds is 6. The van der Waals surface area contributed by atoms with Crippen LogP contribution in [0.2, 0.25) is 0 Å². The first-order valence-electron chi connectivity index (χ1n) is 23.9. The molecule has 0 saturated carbocycles. The standard InChI is InChI=1S/C12H12F4O2.C12H13F3O2.C11H17NO3.2C9H13NO4/c1-5-6(13)8(15)9(16)10(7(5)14)18-11(17)12(2,3)4;1-6-5-7(13)9(15)10(8(6)14)17-11(16)12(2,3)4;1-8-5-6-9(13)12(8)15-10(14)7-11(2,3)4;2*1-9(2,3)8(13)14-10-6(11)4-5-7(10)12/h1-4H3;5H,1-4H3;1,5-7H2,2-4H3;2*4-5H2,1-3H3. The predicted molar refractivity (Wildman–Crippen MR) is 261 cm³/mol. The number of ether oxygens (including phenoxy) is 2. The van der Waals surface area contributed by atoms with Gasteiger partial charge in [0.1, 0.15) is 0 Å². The lowest BCUT2D eigenvalue weighted by Gasteiger charge is -2.20. The van der Waals surface area contributed by atoms with E-state index in [0.29, 0.717) is 34.7 Å². The van der Waals surface area contributed by atoms with Crippen LogP contribution in [-0.4, -0.2) is 74.6 Å². The van der Waals surface area contributed by atoms with Crippen LogP contribution >= 0.6 is 0 Å². The van der Waals surface area contributed by atoms with Gasteiger partial charge in [0.05, 0.1) is 33.8 Å². The van der Waals surface area contributed by atoms with Gasteiger partial charge in [-0.15, -0.1) is 15.2 Å². The average Bonchev–Trinajstić information content (AvgIpc) is 3.91. The van der Waals surface area contributed by atoms with Crippen molar-refractivity contribution in [2.24, 2.45) is 27.1 Å². The van der Waals surface area contributed by atoms with E-state index in [1.165, 1.54) is 48.5 Å². The fourth-order valence-electron chi connectivity index (χ4n) is 5.16. The maximum Gasteiger partial charge on any atom is 0.338 e. The second kappa shape index (κ2) is 26.9. The zero-order valence-corrected chi connectivity index (χ0v) is 46.8. The summed E-state index contributed by atoms with van der Waals surface area (Å²) in [6.45, 7) is 30.5. The number of esters is 2. The van der Waals surface area contributed by atoms with E-state index in [4.69, 9.17) is 14.5 Å². The van der Waals surface area contributed by atoms with Gasteiger partial charge in [-0.05, 0) is 120 Å². The summed E-state index contributed by atoms with van der Waals surface area (Å²) in [5.41, 5.74) is -3.85. The number of hydroxylamine groups is 6. The molecule has 5 amide bonds. The smallest absolute Gasteiger partial charge is 0.338 e. The molecule has 0 aromatic heterocycles. The van der Waals surface area contributed by atoms with Crippen molar-refractivity contribution < 1.29 is 103 Å². The summed E-state index contributed by atoms with van der Waals surface area (Å²) in [5, 5.41) is 2.15. The van der Waals surface area contributed by atoms with Crippen LogP contribution in [0.3, 0.4) is 0 Å². The third-order valence-electron chi connectivity index (χ3n) is 9.95. The Kier molecular flexibility index (Phi) is 23.7. The van der Waals surface area contributed by atoms with Gasteiger partial charge in [0.15, 0.2) is 29.1 Å². The van der Waals surface area contributed by atoms with Crippen molar-refractivity contribution in [1.29, 1.82) is 0 Å². The van der Waals surface area contributed by atoms with E-state index in [-0.39, 0.29) is 55.0 Å². The van der Waals surface area contributed by atoms with E-state index >= 15 is 0 Å². The fourth-order valence-corrected chi connectivity index (χ4v) is 5.16. The second-order valence-corrected chi connectivity index (χ2v) is 23.0. The number of carbonyl (C=O) groups is 10. The number of benzene rings is 2. The third kappa shape index (κ3) is 20.3. The number of hydrogen-bond acceptors (Lipinski definition) is 15. The summed E-state index contributed by atoms with van der Waals surface area (Å²) in [5.74, 6) is -18.1. The van der Waals surface area contributed by atoms with Crippen LogP contribution in [-0.2, 0) is 62.5 Å².